The smallest absolute Gasteiger partial charge is 0.548 e. The molecule has 1 amide bonds. The molecule has 4 aromatic rings. The molecule has 1 aromatic heterocycles. The molecule has 1 unspecified atom stereocenters. The van der Waals surface area contributed by atoms with Gasteiger partial charge in [-0.1, -0.05) is 30.3 Å². The first-order valence-electron chi connectivity index (χ1n) is 12.5. The van der Waals surface area contributed by atoms with Crippen LogP contribution in [-0.4, -0.2) is 29.9 Å². The van der Waals surface area contributed by atoms with E-state index >= 15 is 0 Å². The molecule has 0 radical (unpaired) electrons. The van der Waals surface area contributed by atoms with Gasteiger partial charge in [0.1, 0.15) is 23.9 Å². The first-order chi connectivity index (χ1) is 18.9. The molecule has 4 rings (SSSR count). The van der Waals surface area contributed by atoms with E-state index < -0.39 is 17.9 Å². The van der Waals surface area contributed by atoms with Crippen LogP contribution in [0.3, 0.4) is 0 Å². The minimum Gasteiger partial charge on any atom is -0.548 e. The number of carbonyl (C=O) groups excluding carboxylic acids is 2. The van der Waals surface area contributed by atoms with Crippen molar-refractivity contribution in [3.05, 3.63) is 107 Å². The van der Waals surface area contributed by atoms with Crippen LogP contribution in [0.15, 0.2) is 83.3 Å². The Hall–Kier alpha value is -3.28. The maximum Gasteiger partial charge on any atom is 1.00 e. The Balaban J connectivity index is 0.00000441. The van der Waals surface area contributed by atoms with Crippen molar-refractivity contribution in [3.8, 4) is 22.5 Å². The fourth-order valence-electron chi connectivity index (χ4n) is 4.19. The summed E-state index contributed by atoms with van der Waals surface area (Å²) in [5, 5.41) is 14.2. The number of amides is 1. The Labute approximate surface area is 249 Å². The van der Waals surface area contributed by atoms with Crippen molar-refractivity contribution < 1.29 is 47.1 Å². The van der Waals surface area contributed by atoms with Gasteiger partial charge in [-0.05, 0) is 96.1 Å². The molecule has 0 saturated heterocycles. The van der Waals surface area contributed by atoms with Gasteiger partial charge in [-0.3, -0.25) is 4.79 Å². The summed E-state index contributed by atoms with van der Waals surface area (Å²) < 4.78 is 24.9. The van der Waals surface area contributed by atoms with Gasteiger partial charge in [0.25, 0.3) is 5.91 Å². The number of hydrogen-bond acceptors (Lipinski definition) is 6. The summed E-state index contributed by atoms with van der Waals surface area (Å²) in [6, 6.07) is 21.7. The van der Waals surface area contributed by atoms with Crippen LogP contribution in [0.4, 0.5) is 4.39 Å². The van der Waals surface area contributed by atoms with Crippen molar-refractivity contribution in [3.63, 3.8) is 0 Å². The Kier molecular flexibility index (Phi) is 11.7. The minimum atomic E-state index is -1.31. The number of aryl methyl sites for hydroxylation is 1. The Morgan fingerprint density at radius 1 is 1.00 bits per heavy atom. The first-order valence-corrected chi connectivity index (χ1v) is 13.9. The quantitative estimate of drug-likeness (QED) is 0.271. The number of carboxylic acids is 1. The molecule has 0 spiro atoms. The summed E-state index contributed by atoms with van der Waals surface area (Å²) in [6.07, 6.45) is 2.15. The van der Waals surface area contributed by atoms with Crippen LogP contribution in [0.5, 0.6) is 0 Å². The summed E-state index contributed by atoms with van der Waals surface area (Å²) in [5.41, 5.74) is 4.52. The molecule has 0 bridgehead atoms. The fourth-order valence-corrected chi connectivity index (χ4v) is 4.66. The van der Waals surface area contributed by atoms with Crippen LogP contribution in [-0.2, 0) is 22.7 Å². The molecule has 0 saturated carbocycles. The zero-order valence-electron chi connectivity index (χ0n) is 22.7. The topological polar surface area (TPSA) is 91.6 Å². The molecule has 40 heavy (non-hydrogen) atoms. The van der Waals surface area contributed by atoms with E-state index in [-0.39, 0.29) is 44.3 Å². The second-order valence-electron chi connectivity index (χ2n) is 9.09. The summed E-state index contributed by atoms with van der Waals surface area (Å²) in [6.45, 7) is 2.45. The monoisotopic (exact) mass is 553 g/mol. The average Bonchev–Trinajstić information content (AvgIpc) is 3.40. The maximum atomic E-state index is 13.2. The molecule has 1 atom stereocenters. The van der Waals surface area contributed by atoms with E-state index in [1.807, 2.05) is 55.6 Å². The van der Waals surface area contributed by atoms with Gasteiger partial charge < -0.3 is 24.4 Å². The Morgan fingerprint density at radius 2 is 1.75 bits per heavy atom. The van der Waals surface area contributed by atoms with E-state index in [0.29, 0.717) is 28.4 Å². The molecule has 0 aliphatic rings. The van der Waals surface area contributed by atoms with Crippen molar-refractivity contribution >= 4 is 23.6 Å². The number of thioether (sulfide) groups is 1. The van der Waals surface area contributed by atoms with Gasteiger partial charge in [-0.15, -0.1) is 0 Å². The molecule has 1 N–H and O–H groups in total. The number of aliphatic carboxylic acids is 1. The van der Waals surface area contributed by atoms with Crippen molar-refractivity contribution in [2.45, 2.75) is 32.6 Å². The summed E-state index contributed by atoms with van der Waals surface area (Å²) >= 11 is 1.50. The van der Waals surface area contributed by atoms with Gasteiger partial charge in [-0.25, -0.2) is 4.39 Å². The second kappa shape index (κ2) is 14.9. The SMILES string of the molecule is CSCCC(NC(=O)c1ccc(COCc2ccc(-c3ccc(F)cc3)o2)cc1-c1ccccc1C)C(=O)[O-].[Li+]. The predicted molar refractivity (Wildman–Crippen MR) is 148 cm³/mol. The molecule has 1 heterocycles. The van der Waals surface area contributed by atoms with E-state index in [1.165, 1.54) is 23.9 Å². The van der Waals surface area contributed by atoms with Crippen LogP contribution in [0.25, 0.3) is 22.5 Å². The van der Waals surface area contributed by atoms with Crippen LogP contribution in [0.2, 0.25) is 0 Å². The molecule has 202 valence electrons. The molecule has 0 fully saturated rings. The van der Waals surface area contributed by atoms with Crippen molar-refractivity contribution in [1.29, 1.82) is 0 Å². The second-order valence-corrected chi connectivity index (χ2v) is 10.1. The molecule has 9 heteroatoms. The van der Waals surface area contributed by atoms with Gasteiger partial charge >= 0.3 is 18.9 Å². The number of carbonyl (C=O) groups is 2. The summed E-state index contributed by atoms with van der Waals surface area (Å²) in [7, 11) is 0. The number of ether oxygens (including phenoxy) is 1. The zero-order chi connectivity index (χ0) is 27.8. The van der Waals surface area contributed by atoms with Gasteiger partial charge in [0, 0.05) is 11.1 Å². The van der Waals surface area contributed by atoms with E-state index in [9.17, 15) is 19.1 Å². The molecule has 0 aliphatic heterocycles. The normalized spacial score (nSPS) is 11.5. The van der Waals surface area contributed by atoms with Crippen molar-refractivity contribution in [2.75, 3.05) is 12.0 Å². The number of benzene rings is 3. The van der Waals surface area contributed by atoms with E-state index in [4.69, 9.17) is 9.15 Å². The first kappa shape index (κ1) is 31.2. The standard InChI is InChI=1S/C31H30FNO5S.Li/c1-20-5-3-4-6-25(20)27-17-21(7-13-26(27)30(34)33-28(31(35)36)15-16-39-2)18-37-19-24-12-14-29(38-24)22-8-10-23(32)11-9-22;/h3-14,17,28H,15-16,18-19H2,1-2H3,(H,33,34)(H,35,36);/q;+1/p-1. The Morgan fingerprint density at radius 3 is 2.45 bits per heavy atom. The zero-order valence-corrected chi connectivity index (χ0v) is 23.6. The number of furan rings is 1. The number of carboxylic acid groups (broad SMARTS) is 1. The number of rotatable bonds is 12. The van der Waals surface area contributed by atoms with Crippen LogP contribution in [0, 0.1) is 12.7 Å². The third-order valence-electron chi connectivity index (χ3n) is 6.27. The van der Waals surface area contributed by atoms with Gasteiger partial charge in [-0.2, -0.15) is 11.8 Å². The maximum absolute atomic E-state index is 13.2. The molecule has 3 aromatic carbocycles. The minimum absolute atomic E-state index is 0. The van der Waals surface area contributed by atoms with Crippen LogP contribution in [0.1, 0.15) is 33.7 Å². The van der Waals surface area contributed by atoms with Gasteiger partial charge in [0.05, 0.1) is 18.6 Å². The Bertz CT molecular complexity index is 1440. The van der Waals surface area contributed by atoms with E-state index in [2.05, 4.69) is 5.32 Å². The number of hydrogen-bond donors (Lipinski definition) is 1. The third-order valence-corrected chi connectivity index (χ3v) is 6.91. The van der Waals surface area contributed by atoms with Crippen molar-refractivity contribution in [2.24, 2.45) is 0 Å². The van der Waals surface area contributed by atoms with Gasteiger partial charge in [0.15, 0.2) is 0 Å². The van der Waals surface area contributed by atoms with E-state index in [0.717, 1.165) is 22.3 Å². The molecule has 6 nitrogen and oxygen atoms in total. The van der Waals surface area contributed by atoms with Crippen LogP contribution >= 0.6 is 11.8 Å². The molecular formula is C31H29FLiNO5S. The third kappa shape index (κ3) is 8.12. The number of halogens is 1. The van der Waals surface area contributed by atoms with E-state index in [1.54, 1.807) is 24.3 Å². The molecular weight excluding hydrogens is 524 g/mol. The summed E-state index contributed by atoms with van der Waals surface area (Å²) in [4.78, 5) is 24.8. The van der Waals surface area contributed by atoms with Gasteiger partial charge in [0.2, 0.25) is 0 Å². The number of nitrogens with one attached hydrogen (secondary N) is 1. The predicted octanol–water partition coefficient (Wildman–Crippen LogP) is 2.38. The average molecular weight is 554 g/mol. The largest absolute Gasteiger partial charge is 1.00 e. The van der Waals surface area contributed by atoms with Crippen LogP contribution < -0.4 is 29.3 Å². The molecule has 0 aliphatic carbocycles. The van der Waals surface area contributed by atoms with Crippen molar-refractivity contribution in [1.82, 2.24) is 5.32 Å². The summed E-state index contributed by atoms with van der Waals surface area (Å²) in [5.74, 6) is -0.251. The fraction of sp³-hybridized carbons (Fsp3) is 0.226.